The first kappa shape index (κ1) is 16.1. The fraction of sp³-hybridized carbons (Fsp3) is 0.0952. The van der Waals surface area contributed by atoms with E-state index in [2.05, 4.69) is 4.98 Å². The zero-order valence-electron chi connectivity index (χ0n) is 14.8. The highest BCUT2D eigenvalue weighted by molar-refractivity contribution is 7.92. The van der Waals surface area contributed by atoms with Gasteiger partial charge in [0.25, 0.3) is 0 Å². The van der Waals surface area contributed by atoms with Gasteiger partial charge in [-0.2, -0.15) is 0 Å². The monoisotopic (exact) mass is 376 g/mol. The number of anilines is 2. The third kappa shape index (κ3) is 2.30. The Morgan fingerprint density at radius 3 is 2.44 bits per heavy atom. The maximum atomic E-state index is 13.0. The standard InChI is InChI=1S/C21H16N2O3S/c1-13-22-16-11-14(7-9-19(16)26-13)15-8-10-21-18(12-15)23(2)17-5-3-4-6-20(17)27(21,24)25/h3-12H,1-2H3. The zero-order valence-corrected chi connectivity index (χ0v) is 15.6. The van der Waals surface area contributed by atoms with Crippen LogP contribution in [0.25, 0.3) is 22.2 Å². The molecule has 27 heavy (non-hydrogen) atoms. The molecule has 0 bridgehead atoms. The molecule has 5 nitrogen and oxygen atoms in total. The second-order valence-electron chi connectivity index (χ2n) is 6.63. The molecule has 0 fully saturated rings. The lowest BCUT2D eigenvalue weighted by atomic mass is 10.0. The summed E-state index contributed by atoms with van der Waals surface area (Å²) in [5.74, 6) is 0.620. The zero-order chi connectivity index (χ0) is 18.8. The van der Waals surface area contributed by atoms with Crippen molar-refractivity contribution in [3.8, 4) is 11.1 Å². The topological polar surface area (TPSA) is 63.4 Å². The van der Waals surface area contributed by atoms with Gasteiger partial charge in [0, 0.05) is 14.0 Å². The van der Waals surface area contributed by atoms with Crippen LogP contribution in [-0.4, -0.2) is 20.4 Å². The van der Waals surface area contributed by atoms with E-state index in [9.17, 15) is 8.42 Å². The van der Waals surface area contributed by atoms with Crippen LogP contribution < -0.4 is 4.90 Å². The van der Waals surface area contributed by atoms with Gasteiger partial charge in [0.15, 0.2) is 11.5 Å². The predicted octanol–water partition coefficient (Wildman–Crippen LogP) is 4.72. The largest absolute Gasteiger partial charge is 0.441 e. The molecule has 0 amide bonds. The summed E-state index contributed by atoms with van der Waals surface area (Å²) in [7, 11) is -1.64. The number of rotatable bonds is 1. The summed E-state index contributed by atoms with van der Waals surface area (Å²) in [6.07, 6.45) is 0. The number of benzene rings is 3. The molecule has 1 aromatic heterocycles. The average molecular weight is 376 g/mol. The average Bonchev–Trinajstić information content (AvgIpc) is 3.05. The number of hydrogen-bond acceptors (Lipinski definition) is 5. The first-order chi connectivity index (χ1) is 12.9. The molecule has 4 aromatic rings. The number of nitrogens with zero attached hydrogens (tertiary/aromatic N) is 2. The molecule has 0 saturated heterocycles. The quantitative estimate of drug-likeness (QED) is 0.481. The van der Waals surface area contributed by atoms with E-state index in [4.69, 9.17) is 4.42 Å². The minimum Gasteiger partial charge on any atom is -0.441 e. The lowest BCUT2D eigenvalue weighted by Crippen LogP contribution is -2.22. The van der Waals surface area contributed by atoms with Crippen molar-refractivity contribution >= 4 is 32.3 Å². The molecule has 0 spiro atoms. The van der Waals surface area contributed by atoms with Crippen molar-refractivity contribution in [3.05, 3.63) is 66.6 Å². The minimum absolute atomic E-state index is 0.325. The Balaban J connectivity index is 1.70. The summed E-state index contributed by atoms with van der Waals surface area (Å²) in [4.78, 5) is 6.97. The van der Waals surface area contributed by atoms with E-state index in [1.165, 1.54) is 0 Å². The van der Waals surface area contributed by atoms with Crippen molar-refractivity contribution in [2.75, 3.05) is 11.9 Å². The van der Waals surface area contributed by atoms with Gasteiger partial charge in [-0.1, -0.05) is 24.3 Å². The van der Waals surface area contributed by atoms with E-state index in [0.717, 1.165) is 22.2 Å². The fourth-order valence-electron chi connectivity index (χ4n) is 3.62. The van der Waals surface area contributed by atoms with Crippen molar-refractivity contribution in [1.82, 2.24) is 4.98 Å². The van der Waals surface area contributed by atoms with E-state index in [0.29, 0.717) is 27.1 Å². The van der Waals surface area contributed by atoms with Crippen molar-refractivity contribution in [2.45, 2.75) is 16.7 Å². The van der Waals surface area contributed by atoms with Crippen LogP contribution in [0, 0.1) is 6.92 Å². The number of sulfone groups is 1. The Labute approximate surface area is 156 Å². The Morgan fingerprint density at radius 2 is 1.59 bits per heavy atom. The Kier molecular flexibility index (Phi) is 3.24. The van der Waals surface area contributed by atoms with Gasteiger partial charge in [-0.15, -0.1) is 0 Å². The molecular formula is C21H16N2O3S. The maximum Gasteiger partial charge on any atom is 0.210 e. The van der Waals surface area contributed by atoms with E-state index in [1.54, 1.807) is 18.2 Å². The first-order valence-electron chi connectivity index (χ1n) is 8.54. The molecule has 0 N–H and O–H groups in total. The van der Waals surface area contributed by atoms with Gasteiger partial charge in [-0.05, 0) is 47.5 Å². The van der Waals surface area contributed by atoms with E-state index in [-0.39, 0.29) is 0 Å². The Bertz CT molecular complexity index is 1320. The Hall–Kier alpha value is -3.12. The third-order valence-electron chi connectivity index (χ3n) is 4.95. The molecule has 0 aliphatic carbocycles. The van der Waals surface area contributed by atoms with Crippen molar-refractivity contribution in [3.63, 3.8) is 0 Å². The molecule has 1 aliphatic heterocycles. The smallest absolute Gasteiger partial charge is 0.210 e. The summed E-state index contributed by atoms with van der Waals surface area (Å²) >= 11 is 0. The molecule has 0 radical (unpaired) electrons. The van der Waals surface area contributed by atoms with Crippen LogP contribution in [0.3, 0.4) is 0 Å². The minimum atomic E-state index is -3.53. The summed E-state index contributed by atoms with van der Waals surface area (Å²) < 4.78 is 31.6. The summed E-state index contributed by atoms with van der Waals surface area (Å²) in [5.41, 5.74) is 4.77. The van der Waals surface area contributed by atoms with Gasteiger partial charge in [0.2, 0.25) is 9.84 Å². The van der Waals surface area contributed by atoms with Crippen molar-refractivity contribution in [1.29, 1.82) is 0 Å². The third-order valence-corrected chi connectivity index (χ3v) is 6.80. The summed E-state index contributed by atoms with van der Waals surface area (Å²) in [6, 6.07) is 18.3. The predicted molar refractivity (Wildman–Crippen MR) is 104 cm³/mol. The normalized spacial score (nSPS) is 14.8. The number of para-hydroxylation sites is 1. The van der Waals surface area contributed by atoms with Crippen molar-refractivity contribution < 1.29 is 12.8 Å². The Morgan fingerprint density at radius 1 is 0.889 bits per heavy atom. The highest BCUT2D eigenvalue weighted by Crippen LogP contribution is 2.44. The van der Waals surface area contributed by atoms with E-state index < -0.39 is 9.84 Å². The van der Waals surface area contributed by atoms with Gasteiger partial charge < -0.3 is 9.32 Å². The number of hydrogen-bond donors (Lipinski definition) is 0. The first-order valence-corrected chi connectivity index (χ1v) is 10.0. The van der Waals surface area contributed by atoms with Crippen LogP contribution >= 0.6 is 0 Å². The molecule has 3 aromatic carbocycles. The summed E-state index contributed by atoms with van der Waals surface area (Å²) in [5, 5.41) is 0. The van der Waals surface area contributed by atoms with E-state index >= 15 is 0 Å². The molecular weight excluding hydrogens is 360 g/mol. The molecule has 2 heterocycles. The molecule has 0 atom stereocenters. The highest BCUT2D eigenvalue weighted by Gasteiger charge is 2.32. The molecule has 1 aliphatic rings. The van der Waals surface area contributed by atoms with Gasteiger partial charge in [-0.25, -0.2) is 13.4 Å². The number of aryl methyl sites for hydroxylation is 1. The lowest BCUT2D eigenvalue weighted by Gasteiger charge is -2.30. The van der Waals surface area contributed by atoms with Crippen LogP contribution in [0.5, 0.6) is 0 Å². The van der Waals surface area contributed by atoms with Crippen LogP contribution in [0.1, 0.15) is 5.89 Å². The fourth-order valence-corrected chi connectivity index (χ4v) is 5.31. The highest BCUT2D eigenvalue weighted by atomic mass is 32.2. The van der Waals surface area contributed by atoms with Gasteiger partial charge in [0.1, 0.15) is 5.52 Å². The second kappa shape index (κ2) is 5.44. The number of aromatic nitrogens is 1. The molecule has 0 unspecified atom stereocenters. The van der Waals surface area contributed by atoms with Gasteiger partial charge >= 0.3 is 0 Å². The van der Waals surface area contributed by atoms with Crippen LogP contribution in [-0.2, 0) is 9.84 Å². The molecule has 134 valence electrons. The van der Waals surface area contributed by atoms with Crippen LogP contribution in [0.4, 0.5) is 11.4 Å². The van der Waals surface area contributed by atoms with E-state index in [1.807, 2.05) is 61.3 Å². The lowest BCUT2D eigenvalue weighted by molar-refractivity contribution is 0.561. The number of oxazole rings is 1. The maximum absolute atomic E-state index is 13.0. The van der Waals surface area contributed by atoms with Crippen molar-refractivity contribution in [2.24, 2.45) is 0 Å². The second-order valence-corrected chi connectivity index (χ2v) is 8.51. The van der Waals surface area contributed by atoms with Gasteiger partial charge in [0.05, 0.1) is 21.2 Å². The molecule has 6 heteroatoms. The molecule has 5 rings (SSSR count). The number of fused-ring (bicyclic) bond motifs is 3. The van der Waals surface area contributed by atoms with Crippen LogP contribution in [0.2, 0.25) is 0 Å². The van der Waals surface area contributed by atoms with Gasteiger partial charge in [-0.3, -0.25) is 0 Å². The molecule has 0 saturated carbocycles. The SMILES string of the molecule is Cc1nc2cc(-c3ccc4c(c3)N(C)c3ccccc3S4(=O)=O)ccc2o1. The summed E-state index contributed by atoms with van der Waals surface area (Å²) in [6.45, 7) is 1.82. The van der Waals surface area contributed by atoms with Crippen LogP contribution in [0.15, 0.2) is 74.9 Å².